The van der Waals surface area contributed by atoms with E-state index in [1.54, 1.807) is 6.26 Å². The second kappa shape index (κ2) is 3.87. The van der Waals surface area contributed by atoms with Crippen LogP contribution in [-0.2, 0) is 6.42 Å². The van der Waals surface area contributed by atoms with E-state index in [9.17, 15) is 0 Å². The van der Waals surface area contributed by atoms with Gasteiger partial charge in [-0.05, 0) is 36.1 Å². The molecule has 1 heteroatoms. The Morgan fingerprint density at radius 2 is 2.14 bits per heavy atom. The maximum absolute atomic E-state index is 5.30. The van der Waals surface area contributed by atoms with Gasteiger partial charge in [0.25, 0.3) is 0 Å². The van der Waals surface area contributed by atoms with Crippen molar-refractivity contribution in [2.24, 2.45) is 5.92 Å². The third kappa shape index (κ3) is 1.82. The van der Waals surface area contributed by atoms with Crippen LogP contribution in [0.4, 0.5) is 0 Å². The molecule has 2 aromatic rings. The fraction of sp³-hybridized carbons (Fsp3) is 0.385. The van der Waals surface area contributed by atoms with Crippen LogP contribution >= 0.6 is 0 Å². The molecular formula is C13H16O. The van der Waals surface area contributed by atoms with E-state index in [0.717, 1.165) is 17.9 Å². The van der Waals surface area contributed by atoms with Gasteiger partial charge >= 0.3 is 0 Å². The van der Waals surface area contributed by atoms with E-state index in [-0.39, 0.29) is 0 Å². The molecule has 0 fully saturated rings. The van der Waals surface area contributed by atoms with Crippen molar-refractivity contribution < 1.29 is 4.42 Å². The van der Waals surface area contributed by atoms with Crippen LogP contribution in [0.2, 0.25) is 0 Å². The van der Waals surface area contributed by atoms with Crippen molar-refractivity contribution in [2.75, 3.05) is 0 Å². The smallest absolute Gasteiger partial charge is 0.133 e. The van der Waals surface area contributed by atoms with Crippen LogP contribution in [0.3, 0.4) is 0 Å². The normalized spacial score (nSPS) is 13.3. The minimum absolute atomic E-state index is 0.763. The third-order valence-electron chi connectivity index (χ3n) is 2.80. The van der Waals surface area contributed by atoms with E-state index in [1.165, 1.54) is 17.4 Å². The lowest BCUT2D eigenvalue weighted by molar-refractivity contribution is 0.560. The van der Waals surface area contributed by atoms with E-state index < -0.39 is 0 Å². The van der Waals surface area contributed by atoms with Crippen molar-refractivity contribution in [1.29, 1.82) is 0 Å². The van der Waals surface area contributed by atoms with Crippen LogP contribution in [0.25, 0.3) is 11.0 Å². The van der Waals surface area contributed by atoms with Gasteiger partial charge in [-0.15, -0.1) is 0 Å². The lowest BCUT2D eigenvalue weighted by Crippen LogP contribution is -1.96. The highest BCUT2D eigenvalue weighted by Crippen LogP contribution is 2.19. The van der Waals surface area contributed by atoms with Crippen molar-refractivity contribution in [3.8, 4) is 0 Å². The van der Waals surface area contributed by atoms with E-state index >= 15 is 0 Å². The number of hydrogen-bond donors (Lipinski definition) is 0. The molecule has 0 bridgehead atoms. The molecule has 1 aromatic carbocycles. The highest BCUT2D eigenvalue weighted by molar-refractivity contribution is 5.77. The zero-order valence-electron chi connectivity index (χ0n) is 8.79. The van der Waals surface area contributed by atoms with E-state index in [1.807, 2.05) is 6.07 Å². The predicted octanol–water partition coefficient (Wildman–Crippen LogP) is 4.02. The molecule has 0 saturated carbocycles. The van der Waals surface area contributed by atoms with E-state index in [2.05, 4.69) is 32.0 Å². The summed E-state index contributed by atoms with van der Waals surface area (Å²) in [5.74, 6) is 0.763. The van der Waals surface area contributed by atoms with Crippen LogP contribution in [0.15, 0.2) is 34.9 Å². The molecule has 1 aromatic heterocycles. The highest BCUT2D eigenvalue weighted by Gasteiger charge is 2.03. The molecule has 2 rings (SSSR count). The summed E-state index contributed by atoms with van der Waals surface area (Å²) in [7, 11) is 0. The number of fused-ring (bicyclic) bond motifs is 1. The third-order valence-corrected chi connectivity index (χ3v) is 2.80. The summed E-state index contributed by atoms with van der Waals surface area (Å²) in [4.78, 5) is 0. The Kier molecular flexibility index (Phi) is 2.58. The SMILES string of the molecule is CCC(C)Cc1ccc2occc2c1. The number of benzene rings is 1. The average molecular weight is 188 g/mol. The number of hydrogen-bond acceptors (Lipinski definition) is 1. The molecule has 1 atom stereocenters. The van der Waals surface area contributed by atoms with Gasteiger partial charge in [0, 0.05) is 5.39 Å². The minimum Gasteiger partial charge on any atom is -0.464 e. The average Bonchev–Trinajstić information content (AvgIpc) is 2.64. The lowest BCUT2D eigenvalue weighted by atomic mass is 9.98. The first-order valence-electron chi connectivity index (χ1n) is 5.25. The Balaban J connectivity index is 2.25. The molecule has 74 valence electrons. The second-order valence-corrected chi connectivity index (χ2v) is 4.01. The van der Waals surface area contributed by atoms with Crippen LogP contribution in [0, 0.1) is 5.92 Å². The molecular weight excluding hydrogens is 172 g/mol. The zero-order valence-corrected chi connectivity index (χ0v) is 8.79. The van der Waals surface area contributed by atoms with Gasteiger partial charge in [-0.3, -0.25) is 0 Å². The van der Waals surface area contributed by atoms with Crippen LogP contribution < -0.4 is 0 Å². The van der Waals surface area contributed by atoms with Crippen molar-refractivity contribution in [3.63, 3.8) is 0 Å². The molecule has 0 amide bonds. The van der Waals surface area contributed by atoms with Crippen molar-refractivity contribution in [1.82, 2.24) is 0 Å². The maximum atomic E-state index is 5.30. The number of rotatable bonds is 3. The standard InChI is InChI=1S/C13H16O/c1-3-10(2)8-11-4-5-13-12(9-11)6-7-14-13/h4-7,9-10H,3,8H2,1-2H3. The second-order valence-electron chi connectivity index (χ2n) is 4.01. The quantitative estimate of drug-likeness (QED) is 0.709. The van der Waals surface area contributed by atoms with E-state index in [4.69, 9.17) is 4.42 Å². The molecule has 0 radical (unpaired) electrons. The van der Waals surface area contributed by atoms with Gasteiger partial charge in [0.05, 0.1) is 6.26 Å². The molecule has 0 aliphatic rings. The van der Waals surface area contributed by atoms with Crippen molar-refractivity contribution >= 4 is 11.0 Å². The van der Waals surface area contributed by atoms with Gasteiger partial charge in [-0.2, -0.15) is 0 Å². The summed E-state index contributed by atoms with van der Waals surface area (Å²) in [6.07, 6.45) is 4.15. The summed E-state index contributed by atoms with van der Waals surface area (Å²) in [6, 6.07) is 8.48. The van der Waals surface area contributed by atoms with E-state index in [0.29, 0.717) is 0 Å². The zero-order chi connectivity index (χ0) is 9.97. The Morgan fingerprint density at radius 1 is 1.29 bits per heavy atom. The summed E-state index contributed by atoms with van der Waals surface area (Å²) in [5.41, 5.74) is 2.39. The lowest BCUT2D eigenvalue weighted by Gasteiger charge is -2.07. The minimum atomic E-state index is 0.763. The van der Waals surface area contributed by atoms with Crippen LogP contribution in [0.1, 0.15) is 25.8 Å². The Bertz CT molecular complexity index is 414. The monoisotopic (exact) mass is 188 g/mol. The molecule has 0 spiro atoms. The highest BCUT2D eigenvalue weighted by atomic mass is 16.3. The van der Waals surface area contributed by atoms with Crippen LogP contribution in [-0.4, -0.2) is 0 Å². The van der Waals surface area contributed by atoms with Crippen molar-refractivity contribution in [3.05, 3.63) is 36.1 Å². The van der Waals surface area contributed by atoms with Gasteiger partial charge in [0.1, 0.15) is 5.58 Å². The van der Waals surface area contributed by atoms with Crippen LogP contribution in [0.5, 0.6) is 0 Å². The predicted molar refractivity (Wildman–Crippen MR) is 59.4 cm³/mol. The first-order valence-corrected chi connectivity index (χ1v) is 5.25. The first kappa shape index (κ1) is 9.32. The molecule has 14 heavy (non-hydrogen) atoms. The molecule has 0 saturated heterocycles. The van der Waals surface area contributed by atoms with Crippen molar-refractivity contribution in [2.45, 2.75) is 26.7 Å². The fourth-order valence-electron chi connectivity index (χ4n) is 1.69. The molecule has 1 heterocycles. The Labute approximate surface area is 84.7 Å². The maximum Gasteiger partial charge on any atom is 0.133 e. The first-order chi connectivity index (χ1) is 6.79. The Hall–Kier alpha value is -1.24. The summed E-state index contributed by atoms with van der Waals surface area (Å²) >= 11 is 0. The van der Waals surface area contributed by atoms with Gasteiger partial charge in [-0.1, -0.05) is 26.3 Å². The fourth-order valence-corrected chi connectivity index (χ4v) is 1.69. The molecule has 1 unspecified atom stereocenters. The molecule has 0 N–H and O–H groups in total. The summed E-state index contributed by atoms with van der Waals surface area (Å²) < 4.78 is 5.30. The largest absolute Gasteiger partial charge is 0.464 e. The van der Waals surface area contributed by atoms with Gasteiger partial charge in [0.15, 0.2) is 0 Å². The molecule has 1 nitrogen and oxygen atoms in total. The summed E-state index contributed by atoms with van der Waals surface area (Å²) in [6.45, 7) is 4.53. The van der Waals surface area contributed by atoms with Gasteiger partial charge in [0.2, 0.25) is 0 Å². The van der Waals surface area contributed by atoms with Gasteiger partial charge in [-0.25, -0.2) is 0 Å². The summed E-state index contributed by atoms with van der Waals surface area (Å²) in [5, 5.41) is 1.21. The molecule has 0 aliphatic carbocycles. The van der Waals surface area contributed by atoms with Gasteiger partial charge < -0.3 is 4.42 Å². The Morgan fingerprint density at radius 3 is 2.93 bits per heavy atom. The number of furan rings is 1. The topological polar surface area (TPSA) is 13.1 Å². The molecule has 0 aliphatic heterocycles.